The minimum atomic E-state index is -0.649. The summed E-state index contributed by atoms with van der Waals surface area (Å²) in [5, 5.41) is 10.5. The number of amides is 1. The van der Waals surface area contributed by atoms with E-state index in [9.17, 15) is 14.7 Å². The summed E-state index contributed by atoms with van der Waals surface area (Å²) in [5.74, 6) is -1.09. The number of aromatic nitrogens is 1. The Morgan fingerprint density at radius 1 is 1.16 bits per heavy atom. The maximum absolute atomic E-state index is 12.8. The Kier molecular flexibility index (Phi) is 4.65. The lowest BCUT2D eigenvalue weighted by Gasteiger charge is -2.27. The van der Waals surface area contributed by atoms with Crippen molar-refractivity contribution in [3.8, 4) is 0 Å². The SMILES string of the molecule is CC(C)CC(=O)C1=C(O)C(=O)N(c2ccccc2)C1c1ccncc1. The van der Waals surface area contributed by atoms with Gasteiger partial charge in [-0.1, -0.05) is 32.0 Å². The van der Waals surface area contributed by atoms with Gasteiger partial charge in [-0.15, -0.1) is 0 Å². The van der Waals surface area contributed by atoms with Crippen molar-refractivity contribution in [2.24, 2.45) is 5.92 Å². The lowest BCUT2D eigenvalue weighted by atomic mass is 9.92. The summed E-state index contributed by atoms with van der Waals surface area (Å²) in [6.45, 7) is 3.87. The number of benzene rings is 1. The zero-order valence-corrected chi connectivity index (χ0v) is 14.2. The summed E-state index contributed by atoms with van der Waals surface area (Å²) in [5.41, 5.74) is 1.53. The number of carbonyl (C=O) groups is 2. The van der Waals surface area contributed by atoms with E-state index in [1.54, 1.807) is 36.7 Å². The average molecular weight is 336 g/mol. The monoisotopic (exact) mass is 336 g/mol. The first-order chi connectivity index (χ1) is 12.0. The fraction of sp³-hybridized carbons (Fsp3) is 0.250. The van der Waals surface area contributed by atoms with Crippen LogP contribution in [0.4, 0.5) is 5.69 Å². The van der Waals surface area contributed by atoms with Crippen LogP contribution in [0.25, 0.3) is 0 Å². The van der Waals surface area contributed by atoms with Crippen molar-refractivity contribution >= 4 is 17.4 Å². The number of nitrogens with zero attached hydrogens (tertiary/aromatic N) is 2. The minimum absolute atomic E-state index is 0.131. The Labute approximate surface area is 146 Å². The first-order valence-electron chi connectivity index (χ1n) is 8.25. The van der Waals surface area contributed by atoms with Gasteiger partial charge in [0.1, 0.15) is 0 Å². The predicted molar refractivity (Wildman–Crippen MR) is 95.0 cm³/mol. The molecule has 0 bridgehead atoms. The van der Waals surface area contributed by atoms with Crippen LogP contribution in [0.5, 0.6) is 0 Å². The Morgan fingerprint density at radius 2 is 1.80 bits per heavy atom. The Balaban J connectivity index is 2.12. The second-order valence-electron chi connectivity index (χ2n) is 6.48. The number of aliphatic hydroxyl groups is 1. The zero-order valence-electron chi connectivity index (χ0n) is 14.2. The highest BCUT2D eigenvalue weighted by Crippen LogP contribution is 2.41. The van der Waals surface area contributed by atoms with Gasteiger partial charge < -0.3 is 5.11 Å². The van der Waals surface area contributed by atoms with Crippen LogP contribution in [-0.2, 0) is 9.59 Å². The number of para-hydroxylation sites is 1. The molecule has 0 spiro atoms. The molecule has 1 aromatic carbocycles. The normalized spacial score (nSPS) is 17.5. The summed E-state index contributed by atoms with van der Waals surface area (Å²) in [7, 11) is 0. The number of anilines is 1. The Bertz CT molecular complexity index is 813. The first-order valence-corrected chi connectivity index (χ1v) is 8.25. The van der Waals surface area contributed by atoms with E-state index in [-0.39, 0.29) is 23.7 Å². The lowest BCUT2D eigenvalue weighted by Crippen LogP contribution is -2.31. The Morgan fingerprint density at radius 3 is 2.40 bits per heavy atom. The van der Waals surface area contributed by atoms with Gasteiger partial charge in [0.15, 0.2) is 11.5 Å². The summed E-state index contributed by atoms with van der Waals surface area (Å²) in [6.07, 6.45) is 3.50. The second-order valence-corrected chi connectivity index (χ2v) is 6.48. The summed E-state index contributed by atoms with van der Waals surface area (Å²) in [4.78, 5) is 31.0. The van der Waals surface area contributed by atoms with E-state index >= 15 is 0 Å². The number of aliphatic hydroxyl groups excluding tert-OH is 1. The third-order valence-electron chi connectivity index (χ3n) is 4.16. The third-order valence-corrected chi connectivity index (χ3v) is 4.16. The van der Waals surface area contributed by atoms with E-state index in [1.165, 1.54) is 4.90 Å². The molecule has 0 saturated carbocycles. The molecule has 1 amide bonds. The maximum atomic E-state index is 12.8. The molecule has 5 heteroatoms. The van der Waals surface area contributed by atoms with Crippen molar-refractivity contribution in [3.63, 3.8) is 0 Å². The van der Waals surface area contributed by atoms with Crippen LogP contribution < -0.4 is 4.90 Å². The summed E-state index contributed by atoms with van der Waals surface area (Å²) < 4.78 is 0. The average Bonchev–Trinajstić information content (AvgIpc) is 2.87. The highest BCUT2D eigenvalue weighted by Gasteiger charge is 2.44. The van der Waals surface area contributed by atoms with E-state index in [0.29, 0.717) is 5.69 Å². The van der Waals surface area contributed by atoms with Gasteiger partial charge >= 0.3 is 0 Å². The van der Waals surface area contributed by atoms with Crippen LogP contribution in [0, 0.1) is 5.92 Å². The topological polar surface area (TPSA) is 70.5 Å². The Hall–Kier alpha value is -2.95. The fourth-order valence-electron chi connectivity index (χ4n) is 3.09. The standard InChI is InChI=1S/C20H20N2O3/c1-13(2)12-16(23)17-18(14-8-10-21-11-9-14)22(20(25)19(17)24)15-6-4-3-5-7-15/h3-11,13,18,24H,12H2,1-2H3. The molecule has 1 unspecified atom stereocenters. The zero-order chi connectivity index (χ0) is 18.0. The molecule has 0 fully saturated rings. The van der Waals surface area contributed by atoms with E-state index in [4.69, 9.17) is 0 Å². The molecule has 2 aromatic rings. The lowest BCUT2D eigenvalue weighted by molar-refractivity contribution is -0.118. The van der Waals surface area contributed by atoms with E-state index in [1.807, 2.05) is 32.0 Å². The largest absolute Gasteiger partial charge is 0.503 e. The fourth-order valence-corrected chi connectivity index (χ4v) is 3.09. The van der Waals surface area contributed by atoms with Crippen molar-refractivity contribution in [2.75, 3.05) is 4.90 Å². The third kappa shape index (κ3) is 3.18. The van der Waals surface area contributed by atoms with Crippen molar-refractivity contribution in [1.82, 2.24) is 4.98 Å². The number of hydrogen-bond donors (Lipinski definition) is 1. The second kappa shape index (κ2) is 6.89. The maximum Gasteiger partial charge on any atom is 0.294 e. The van der Waals surface area contributed by atoms with Gasteiger partial charge in [-0.05, 0) is 35.7 Å². The van der Waals surface area contributed by atoms with Crippen molar-refractivity contribution in [3.05, 3.63) is 71.8 Å². The quantitative estimate of drug-likeness (QED) is 0.906. The highest BCUT2D eigenvalue weighted by molar-refractivity contribution is 6.16. The minimum Gasteiger partial charge on any atom is -0.503 e. The van der Waals surface area contributed by atoms with Crippen molar-refractivity contribution in [2.45, 2.75) is 26.3 Å². The molecule has 1 N–H and O–H groups in total. The van der Waals surface area contributed by atoms with Gasteiger partial charge in [-0.25, -0.2) is 0 Å². The first kappa shape index (κ1) is 16.9. The molecule has 0 saturated heterocycles. The van der Waals surface area contributed by atoms with Crippen molar-refractivity contribution < 1.29 is 14.7 Å². The number of pyridine rings is 1. The van der Waals surface area contributed by atoms with Crippen LogP contribution in [0.1, 0.15) is 31.9 Å². The molecule has 1 atom stereocenters. The molecular formula is C20H20N2O3. The molecule has 0 aliphatic carbocycles. The molecule has 25 heavy (non-hydrogen) atoms. The predicted octanol–water partition coefficient (Wildman–Crippen LogP) is 3.60. The number of carbonyl (C=O) groups excluding carboxylic acids is 2. The summed E-state index contributed by atoms with van der Waals surface area (Å²) in [6, 6.07) is 11.9. The van der Waals surface area contributed by atoms with Gasteiger partial charge in [0.05, 0.1) is 11.6 Å². The van der Waals surface area contributed by atoms with Gasteiger partial charge in [-0.2, -0.15) is 0 Å². The smallest absolute Gasteiger partial charge is 0.294 e. The van der Waals surface area contributed by atoms with Crippen LogP contribution in [0.15, 0.2) is 66.2 Å². The summed E-state index contributed by atoms with van der Waals surface area (Å²) >= 11 is 0. The number of Topliss-reactive ketones (excluding diaryl/α,β-unsaturated/α-hetero) is 1. The van der Waals surface area contributed by atoms with Gasteiger partial charge in [-0.3, -0.25) is 19.5 Å². The molecule has 1 aromatic heterocycles. The number of ketones is 1. The van der Waals surface area contributed by atoms with E-state index in [0.717, 1.165) is 5.56 Å². The molecular weight excluding hydrogens is 316 g/mol. The van der Waals surface area contributed by atoms with Crippen LogP contribution in [-0.4, -0.2) is 21.8 Å². The number of hydrogen-bond acceptors (Lipinski definition) is 4. The molecule has 3 rings (SSSR count). The molecule has 1 aliphatic heterocycles. The van der Waals surface area contributed by atoms with E-state index < -0.39 is 17.7 Å². The molecule has 2 heterocycles. The molecule has 1 aliphatic rings. The molecule has 0 radical (unpaired) electrons. The van der Waals surface area contributed by atoms with Crippen LogP contribution in [0.2, 0.25) is 0 Å². The van der Waals surface area contributed by atoms with Gasteiger partial charge in [0.25, 0.3) is 5.91 Å². The number of rotatable bonds is 5. The van der Waals surface area contributed by atoms with Crippen molar-refractivity contribution in [1.29, 1.82) is 0 Å². The van der Waals surface area contributed by atoms with Crippen LogP contribution in [0.3, 0.4) is 0 Å². The van der Waals surface area contributed by atoms with Crippen LogP contribution >= 0.6 is 0 Å². The van der Waals surface area contributed by atoms with E-state index in [2.05, 4.69) is 4.98 Å². The van der Waals surface area contributed by atoms with Gasteiger partial charge in [0, 0.05) is 24.5 Å². The highest BCUT2D eigenvalue weighted by atomic mass is 16.3. The molecule has 128 valence electrons. The van der Waals surface area contributed by atoms with Gasteiger partial charge in [0.2, 0.25) is 0 Å². The molecule has 5 nitrogen and oxygen atoms in total.